The summed E-state index contributed by atoms with van der Waals surface area (Å²) < 4.78 is 6.54. The summed E-state index contributed by atoms with van der Waals surface area (Å²) in [6.45, 7) is 4.94. The minimum Gasteiger partial charge on any atom is -0.383 e. The fraction of sp³-hybridized carbons (Fsp3) is 0.600. The number of rotatable bonds is 4. The van der Waals surface area contributed by atoms with Gasteiger partial charge in [0.2, 0.25) is 0 Å². The maximum Gasteiger partial charge on any atom is 0.255 e. The average Bonchev–Trinajstić information content (AvgIpc) is 2.15. The van der Waals surface area contributed by atoms with Gasteiger partial charge >= 0.3 is 0 Å². The summed E-state index contributed by atoms with van der Waals surface area (Å²) in [5.74, 6) is 0.859. The average molecular weight is 231 g/mol. The van der Waals surface area contributed by atoms with Crippen molar-refractivity contribution >= 4 is 11.6 Å². The van der Waals surface area contributed by atoms with E-state index in [9.17, 15) is 4.79 Å². The van der Waals surface area contributed by atoms with Gasteiger partial charge in [0.1, 0.15) is 11.0 Å². The highest BCUT2D eigenvalue weighted by Crippen LogP contribution is 2.12. The Bertz CT molecular complexity index is 387. The van der Waals surface area contributed by atoms with Crippen LogP contribution < -0.4 is 5.56 Å². The molecule has 0 N–H and O–H groups in total. The van der Waals surface area contributed by atoms with Gasteiger partial charge in [-0.25, -0.2) is 4.98 Å². The second-order valence-electron chi connectivity index (χ2n) is 3.57. The van der Waals surface area contributed by atoms with Crippen molar-refractivity contribution in [2.45, 2.75) is 26.3 Å². The Morgan fingerprint density at radius 3 is 2.80 bits per heavy atom. The van der Waals surface area contributed by atoms with Gasteiger partial charge in [0.15, 0.2) is 0 Å². The second-order valence-corrected chi connectivity index (χ2v) is 3.96. The van der Waals surface area contributed by atoms with Crippen LogP contribution in [0.4, 0.5) is 0 Å². The molecule has 0 aliphatic heterocycles. The highest BCUT2D eigenvalue weighted by atomic mass is 35.5. The minimum absolute atomic E-state index is 0.129. The van der Waals surface area contributed by atoms with Crippen LogP contribution in [0.3, 0.4) is 0 Å². The first-order valence-electron chi connectivity index (χ1n) is 4.82. The molecule has 1 rings (SSSR count). The van der Waals surface area contributed by atoms with Gasteiger partial charge < -0.3 is 4.74 Å². The molecule has 0 aromatic carbocycles. The van der Waals surface area contributed by atoms with E-state index in [1.165, 1.54) is 6.07 Å². The van der Waals surface area contributed by atoms with Crippen molar-refractivity contribution in [3.63, 3.8) is 0 Å². The molecule has 0 aliphatic carbocycles. The molecule has 15 heavy (non-hydrogen) atoms. The van der Waals surface area contributed by atoms with Crippen LogP contribution in [0, 0.1) is 0 Å². The molecule has 1 aromatic rings. The third kappa shape index (κ3) is 3.04. The molecule has 0 saturated carbocycles. The van der Waals surface area contributed by atoms with Gasteiger partial charge in [0, 0.05) is 19.1 Å². The van der Waals surface area contributed by atoms with Gasteiger partial charge in [-0.15, -0.1) is 0 Å². The second kappa shape index (κ2) is 5.28. The first-order valence-corrected chi connectivity index (χ1v) is 5.20. The van der Waals surface area contributed by atoms with Crippen molar-refractivity contribution in [2.24, 2.45) is 0 Å². The van der Waals surface area contributed by atoms with Gasteiger partial charge in [0.25, 0.3) is 5.56 Å². The number of hydrogen-bond donors (Lipinski definition) is 0. The molecule has 0 fully saturated rings. The molecule has 1 aromatic heterocycles. The van der Waals surface area contributed by atoms with E-state index >= 15 is 0 Å². The Labute approximate surface area is 93.8 Å². The Morgan fingerprint density at radius 2 is 2.27 bits per heavy atom. The van der Waals surface area contributed by atoms with E-state index in [0.717, 1.165) is 0 Å². The number of nitrogens with zero attached hydrogens (tertiary/aromatic N) is 2. The van der Waals surface area contributed by atoms with Crippen LogP contribution in [0.5, 0.6) is 0 Å². The van der Waals surface area contributed by atoms with E-state index in [1.54, 1.807) is 11.7 Å². The van der Waals surface area contributed by atoms with E-state index in [1.807, 2.05) is 13.8 Å². The minimum atomic E-state index is -0.129. The van der Waals surface area contributed by atoms with Crippen LogP contribution in [0.15, 0.2) is 10.9 Å². The van der Waals surface area contributed by atoms with Crippen molar-refractivity contribution in [1.29, 1.82) is 0 Å². The molecule has 0 amide bonds. The predicted octanol–water partition coefficient (Wildman–Crippen LogP) is 1.67. The lowest BCUT2D eigenvalue weighted by Crippen LogP contribution is -2.26. The molecule has 0 radical (unpaired) electrons. The molecule has 4 nitrogen and oxygen atoms in total. The zero-order chi connectivity index (χ0) is 11.4. The number of methoxy groups -OCH3 is 1. The van der Waals surface area contributed by atoms with Gasteiger partial charge in [-0.1, -0.05) is 25.4 Å². The van der Waals surface area contributed by atoms with Crippen molar-refractivity contribution < 1.29 is 4.74 Å². The SMILES string of the molecule is COCCn1c(C(C)C)nc(Cl)cc1=O. The van der Waals surface area contributed by atoms with Crippen LogP contribution >= 0.6 is 11.6 Å². The number of halogens is 1. The molecule has 0 aliphatic rings. The standard InChI is InChI=1S/C10H15ClN2O2/c1-7(2)10-12-8(11)6-9(14)13(10)4-5-15-3/h6-7H,4-5H2,1-3H3. The van der Waals surface area contributed by atoms with Crippen LogP contribution in [0.2, 0.25) is 5.15 Å². The van der Waals surface area contributed by atoms with Gasteiger partial charge in [-0.3, -0.25) is 9.36 Å². The Kier molecular flexibility index (Phi) is 4.29. The first kappa shape index (κ1) is 12.2. The quantitative estimate of drug-likeness (QED) is 0.739. The zero-order valence-corrected chi connectivity index (χ0v) is 9.91. The maximum atomic E-state index is 11.7. The van der Waals surface area contributed by atoms with Crippen molar-refractivity contribution in [3.05, 3.63) is 27.4 Å². The van der Waals surface area contributed by atoms with Crippen molar-refractivity contribution in [2.75, 3.05) is 13.7 Å². The van der Waals surface area contributed by atoms with Crippen LogP contribution in [-0.2, 0) is 11.3 Å². The third-order valence-electron chi connectivity index (χ3n) is 2.04. The molecule has 1 heterocycles. The van der Waals surface area contributed by atoms with Crippen molar-refractivity contribution in [3.8, 4) is 0 Å². The van der Waals surface area contributed by atoms with Gasteiger partial charge in [0.05, 0.1) is 13.2 Å². The summed E-state index contributed by atoms with van der Waals surface area (Å²) in [4.78, 5) is 15.8. The predicted molar refractivity (Wildman–Crippen MR) is 59.5 cm³/mol. The summed E-state index contributed by atoms with van der Waals surface area (Å²) in [7, 11) is 1.60. The molecule has 0 unspecified atom stereocenters. The molecular formula is C10H15ClN2O2. The lowest BCUT2D eigenvalue weighted by Gasteiger charge is -2.13. The summed E-state index contributed by atoms with van der Waals surface area (Å²) in [6, 6.07) is 1.32. The van der Waals surface area contributed by atoms with Gasteiger partial charge in [-0.2, -0.15) is 0 Å². The topological polar surface area (TPSA) is 44.1 Å². The lowest BCUT2D eigenvalue weighted by molar-refractivity contribution is 0.184. The summed E-state index contributed by atoms with van der Waals surface area (Å²) >= 11 is 5.74. The smallest absolute Gasteiger partial charge is 0.255 e. The molecule has 0 spiro atoms. The maximum absolute atomic E-state index is 11.7. The highest BCUT2D eigenvalue weighted by molar-refractivity contribution is 6.29. The Morgan fingerprint density at radius 1 is 1.60 bits per heavy atom. The van der Waals surface area contributed by atoms with Gasteiger partial charge in [-0.05, 0) is 0 Å². The molecular weight excluding hydrogens is 216 g/mol. The largest absolute Gasteiger partial charge is 0.383 e. The lowest BCUT2D eigenvalue weighted by atomic mass is 10.2. The number of hydrogen-bond acceptors (Lipinski definition) is 3. The highest BCUT2D eigenvalue weighted by Gasteiger charge is 2.10. The first-order chi connectivity index (χ1) is 7.06. The van der Waals surface area contributed by atoms with E-state index in [2.05, 4.69) is 4.98 Å². The summed E-state index contributed by atoms with van der Waals surface area (Å²) in [6.07, 6.45) is 0. The zero-order valence-electron chi connectivity index (χ0n) is 9.16. The van der Waals surface area contributed by atoms with Crippen LogP contribution in [-0.4, -0.2) is 23.3 Å². The summed E-state index contributed by atoms with van der Waals surface area (Å²) in [5, 5.41) is 0.248. The number of ether oxygens (including phenoxy) is 1. The molecule has 84 valence electrons. The monoisotopic (exact) mass is 230 g/mol. The fourth-order valence-corrected chi connectivity index (χ4v) is 1.52. The van der Waals surface area contributed by atoms with Crippen molar-refractivity contribution in [1.82, 2.24) is 9.55 Å². The molecule has 5 heteroatoms. The normalized spacial score (nSPS) is 11.0. The Hall–Kier alpha value is -0.870. The number of aromatic nitrogens is 2. The fourth-order valence-electron chi connectivity index (χ4n) is 1.34. The molecule has 0 atom stereocenters. The van der Waals surface area contributed by atoms with Crippen LogP contribution in [0.25, 0.3) is 0 Å². The third-order valence-corrected chi connectivity index (χ3v) is 2.24. The van der Waals surface area contributed by atoms with Crippen LogP contribution in [0.1, 0.15) is 25.6 Å². The summed E-state index contributed by atoms with van der Waals surface area (Å²) in [5.41, 5.74) is -0.129. The van der Waals surface area contributed by atoms with E-state index in [-0.39, 0.29) is 16.6 Å². The van der Waals surface area contributed by atoms with E-state index in [0.29, 0.717) is 19.0 Å². The molecule has 0 saturated heterocycles. The molecule has 0 bridgehead atoms. The van der Waals surface area contributed by atoms with E-state index in [4.69, 9.17) is 16.3 Å². The Balaban J connectivity index is 3.15. The van der Waals surface area contributed by atoms with E-state index < -0.39 is 0 Å².